The van der Waals surface area contributed by atoms with Crippen molar-refractivity contribution in [2.24, 2.45) is 5.73 Å². The number of nitrogens with one attached hydrogen (secondary N) is 1. The number of anilines is 2. The molecule has 0 aliphatic carbocycles. The second-order valence-corrected chi connectivity index (χ2v) is 7.76. The number of carbonyl (C=O) groups is 2. The number of amides is 2. The minimum atomic E-state index is -0.520. The summed E-state index contributed by atoms with van der Waals surface area (Å²) in [5.74, 6) is 0.0517. The maximum absolute atomic E-state index is 12.8. The summed E-state index contributed by atoms with van der Waals surface area (Å²) in [6, 6.07) is 13.0. The topological polar surface area (TPSA) is 88.6 Å². The van der Waals surface area contributed by atoms with Gasteiger partial charge in [-0.1, -0.05) is 25.1 Å². The first-order valence-corrected chi connectivity index (χ1v) is 10.7. The number of furan rings is 1. The molecule has 0 unspecified atom stereocenters. The molecule has 31 heavy (non-hydrogen) atoms. The number of hydrogen-bond acceptors (Lipinski definition) is 4. The fourth-order valence-corrected chi connectivity index (χ4v) is 4.09. The van der Waals surface area contributed by atoms with Crippen molar-refractivity contribution in [1.29, 1.82) is 0 Å². The van der Waals surface area contributed by atoms with Crippen molar-refractivity contribution in [2.75, 3.05) is 23.3 Å². The number of benzene rings is 2. The average Bonchev–Trinajstić information content (AvgIpc) is 3.16. The zero-order valence-electron chi connectivity index (χ0n) is 17.7. The van der Waals surface area contributed by atoms with Crippen LogP contribution in [0.1, 0.15) is 47.9 Å². The van der Waals surface area contributed by atoms with Gasteiger partial charge in [-0.3, -0.25) is 9.59 Å². The van der Waals surface area contributed by atoms with Crippen LogP contribution < -0.4 is 16.0 Å². The first kappa shape index (κ1) is 20.7. The van der Waals surface area contributed by atoms with Crippen LogP contribution >= 0.6 is 0 Å². The number of nitrogens with two attached hydrogens (primary N) is 1. The van der Waals surface area contributed by atoms with E-state index in [0.717, 1.165) is 60.3 Å². The summed E-state index contributed by atoms with van der Waals surface area (Å²) < 4.78 is 5.90. The van der Waals surface area contributed by atoms with Crippen LogP contribution in [-0.2, 0) is 11.2 Å². The highest BCUT2D eigenvalue weighted by Gasteiger charge is 2.17. The van der Waals surface area contributed by atoms with Crippen molar-refractivity contribution in [1.82, 2.24) is 0 Å². The zero-order chi connectivity index (χ0) is 21.8. The molecule has 0 radical (unpaired) electrons. The van der Waals surface area contributed by atoms with E-state index < -0.39 is 5.91 Å². The Balaban J connectivity index is 1.61. The standard InChI is InChI=1S/C25H27N3O3/c1-2-22-19(18-8-4-5-9-23(18)31-22)11-13-24(29)27-20-16-17(25(26)30)10-12-21(20)28-14-6-3-7-15-28/h4-5,8-13,16H,2-3,6-7,14-15H2,1H3,(H2,26,30)(H,27,29). The quantitative estimate of drug-likeness (QED) is 0.567. The van der Waals surface area contributed by atoms with Gasteiger partial charge in [0.25, 0.3) is 0 Å². The predicted molar refractivity (Wildman–Crippen MR) is 124 cm³/mol. The molecule has 1 saturated heterocycles. The summed E-state index contributed by atoms with van der Waals surface area (Å²) in [5.41, 5.74) is 9.06. The van der Waals surface area contributed by atoms with E-state index in [1.807, 2.05) is 37.3 Å². The lowest BCUT2D eigenvalue weighted by Gasteiger charge is -2.30. The van der Waals surface area contributed by atoms with Crippen LogP contribution in [0.4, 0.5) is 11.4 Å². The monoisotopic (exact) mass is 417 g/mol. The smallest absolute Gasteiger partial charge is 0.248 e. The van der Waals surface area contributed by atoms with E-state index in [-0.39, 0.29) is 5.91 Å². The molecule has 0 atom stereocenters. The van der Waals surface area contributed by atoms with E-state index in [0.29, 0.717) is 11.3 Å². The largest absolute Gasteiger partial charge is 0.460 e. The lowest BCUT2D eigenvalue weighted by Crippen LogP contribution is -2.30. The first-order chi connectivity index (χ1) is 15.1. The molecule has 1 aliphatic heterocycles. The van der Waals surface area contributed by atoms with Gasteiger partial charge in [-0.25, -0.2) is 0 Å². The van der Waals surface area contributed by atoms with Crippen LogP contribution in [0.3, 0.4) is 0 Å². The number of hydrogen-bond donors (Lipinski definition) is 2. The van der Waals surface area contributed by atoms with Gasteiger partial charge in [-0.15, -0.1) is 0 Å². The van der Waals surface area contributed by atoms with Crippen LogP contribution in [0.25, 0.3) is 17.0 Å². The molecule has 6 heteroatoms. The van der Waals surface area contributed by atoms with Gasteiger partial charge in [0, 0.05) is 42.1 Å². The third-order valence-electron chi connectivity index (χ3n) is 5.67. The lowest BCUT2D eigenvalue weighted by molar-refractivity contribution is -0.111. The molecule has 0 spiro atoms. The fourth-order valence-electron chi connectivity index (χ4n) is 4.09. The van der Waals surface area contributed by atoms with Crippen LogP contribution in [0.15, 0.2) is 53.0 Å². The number of para-hydroxylation sites is 1. The molecule has 1 fully saturated rings. The van der Waals surface area contributed by atoms with Gasteiger partial charge in [0.05, 0.1) is 11.4 Å². The summed E-state index contributed by atoms with van der Waals surface area (Å²) in [7, 11) is 0. The highest BCUT2D eigenvalue weighted by atomic mass is 16.3. The van der Waals surface area contributed by atoms with Gasteiger partial charge in [0.1, 0.15) is 11.3 Å². The summed E-state index contributed by atoms with van der Waals surface area (Å²) in [6.45, 7) is 3.88. The fraction of sp³-hybridized carbons (Fsp3) is 0.280. The molecule has 4 rings (SSSR count). The molecule has 2 heterocycles. The highest BCUT2D eigenvalue weighted by Crippen LogP contribution is 2.30. The third kappa shape index (κ3) is 4.48. The van der Waals surface area contributed by atoms with Crippen molar-refractivity contribution < 1.29 is 14.0 Å². The summed E-state index contributed by atoms with van der Waals surface area (Å²) >= 11 is 0. The number of fused-ring (bicyclic) bond motifs is 1. The molecular weight excluding hydrogens is 390 g/mol. The molecule has 2 aromatic carbocycles. The summed E-state index contributed by atoms with van der Waals surface area (Å²) in [4.78, 5) is 26.7. The van der Waals surface area contributed by atoms with Gasteiger partial charge < -0.3 is 20.4 Å². The van der Waals surface area contributed by atoms with Crippen LogP contribution in [0.2, 0.25) is 0 Å². The second kappa shape index (κ2) is 9.08. The van der Waals surface area contributed by atoms with Crippen molar-refractivity contribution in [3.8, 4) is 0 Å². The van der Waals surface area contributed by atoms with Gasteiger partial charge in [0.15, 0.2) is 0 Å². The van der Waals surface area contributed by atoms with Gasteiger partial charge in [0.2, 0.25) is 11.8 Å². The Hall–Kier alpha value is -3.54. The number of nitrogens with zero attached hydrogens (tertiary/aromatic N) is 1. The second-order valence-electron chi connectivity index (χ2n) is 7.76. The SMILES string of the molecule is CCc1oc2ccccc2c1C=CC(=O)Nc1cc(C(N)=O)ccc1N1CCCCC1. The van der Waals surface area contributed by atoms with Gasteiger partial charge in [-0.05, 0) is 49.6 Å². The Morgan fingerprint density at radius 2 is 1.90 bits per heavy atom. The minimum absolute atomic E-state index is 0.271. The van der Waals surface area contributed by atoms with E-state index in [4.69, 9.17) is 10.2 Å². The highest BCUT2D eigenvalue weighted by molar-refractivity contribution is 6.06. The normalized spacial score (nSPS) is 14.3. The Morgan fingerprint density at radius 3 is 2.65 bits per heavy atom. The van der Waals surface area contributed by atoms with E-state index in [2.05, 4.69) is 10.2 Å². The molecular formula is C25H27N3O3. The number of primary amides is 1. The Bertz CT molecular complexity index is 1140. The third-order valence-corrected chi connectivity index (χ3v) is 5.67. The first-order valence-electron chi connectivity index (χ1n) is 10.7. The number of carbonyl (C=O) groups excluding carboxylic acids is 2. The van der Waals surface area contributed by atoms with E-state index in [9.17, 15) is 9.59 Å². The van der Waals surface area contributed by atoms with E-state index >= 15 is 0 Å². The maximum atomic E-state index is 12.8. The number of piperidine rings is 1. The Kier molecular flexibility index (Phi) is 6.07. The molecule has 6 nitrogen and oxygen atoms in total. The molecule has 2 amide bonds. The van der Waals surface area contributed by atoms with E-state index in [1.165, 1.54) is 12.5 Å². The van der Waals surface area contributed by atoms with Crippen molar-refractivity contribution in [2.45, 2.75) is 32.6 Å². The van der Waals surface area contributed by atoms with Crippen LogP contribution in [0.5, 0.6) is 0 Å². The molecule has 0 saturated carbocycles. The molecule has 1 aliphatic rings. The predicted octanol–water partition coefficient (Wildman–Crippen LogP) is 4.74. The zero-order valence-corrected chi connectivity index (χ0v) is 17.7. The van der Waals surface area contributed by atoms with Crippen molar-refractivity contribution >= 4 is 40.2 Å². The van der Waals surface area contributed by atoms with Crippen molar-refractivity contribution in [3.63, 3.8) is 0 Å². The number of rotatable bonds is 6. The summed E-state index contributed by atoms with van der Waals surface area (Å²) in [6.07, 6.45) is 7.46. The van der Waals surface area contributed by atoms with Crippen molar-refractivity contribution in [3.05, 3.63) is 65.4 Å². The molecule has 3 aromatic rings. The Labute approximate surface area is 181 Å². The van der Waals surface area contributed by atoms with Gasteiger partial charge >= 0.3 is 0 Å². The number of aryl methyl sites for hydroxylation is 1. The van der Waals surface area contributed by atoms with Crippen LogP contribution in [0, 0.1) is 0 Å². The lowest BCUT2D eigenvalue weighted by atomic mass is 10.1. The minimum Gasteiger partial charge on any atom is -0.460 e. The maximum Gasteiger partial charge on any atom is 0.248 e. The molecule has 3 N–H and O–H groups in total. The van der Waals surface area contributed by atoms with Crippen LogP contribution in [-0.4, -0.2) is 24.9 Å². The molecule has 1 aromatic heterocycles. The molecule has 0 bridgehead atoms. The van der Waals surface area contributed by atoms with E-state index in [1.54, 1.807) is 18.2 Å². The Morgan fingerprint density at radius 1 is 1.13 bits per heavy atom. The average molecular weight is 418 g/mol. The molecule has 160 valence electrons. The summed E-state index contributed by atoms with van der Waals surface area (Å²) in [5, 5.41) is 3.93. The van der Waals surface area contributed by atoms with Gasteiger partial charge in [-0.2, -0.15) is 0 Å².